The smallest absolute Gasteiger partial charge is 0.254 e. The number of carbonyl (C=O) groups is 1. The minimum Gasteiger partial charge on any atom is -0.349 e. The molecule has 1 aliphatic carbocycles. The van der Waals surface area contributed by atoms with Crippen molar-refractivity contribution in [2.24, 2.45) is 11.7 Å². The first-order chi connectivity index (χ1) is 8.31. The van der Waals surface area contributed by atoms with Crippen LogP contribution in [0.3, 0.4) is 0 Å². The summed E-state index contributed by atoms with van der Waals surface area (Å²) in [5.74, 6) is 0.299. The normalized spacial score (nSPS) is 24.3. The summed E-state index contributed by atoms with van der Waals surface area (Å²) < 4.78 is 0. The van der Waals surface area contributed by atoms with Crippen LogP contribution in [0.4, 0.5) is 0 Å². The standard InChI is InChI=1S/C12H18N4O/c13-5-9-3-1-2-4-11(9)16-12(17)10-6-14-8-15-7-10/h6-9,11H,1-5,13H2,(H,16,17). The zero-order valence-corrected chi connectivity index (χ0v) is 9.80. The van der Waals surface area contributed by atoms with Crippen molar-refractivity contribution in [3.05, 3.63) is 24.3 Å². The fourth-order valence-electron chi connectivity index (χ4n) is 2.35. The first kappa shape index (κ1) is 12.0. The van der Waals surface area contributed by atoms with Crippen molar-refractivity contribution < 1.29 is 4.79 Å². The van der Waals surface area contributed by atoms with E-state index in [9.17, 15) is 4.79 Å². The molecule has 1 saturated carbocycles. The number of hydrogen-bond donors (Lipinski definition) is 2. The van der Waals surface area contributed by atoms with Crippen LogP contribution in [0.15, 0.2) is 18.7 Å². The predicted octanol–water partition coefficient (Wildman–Crippen LogP) is 0.724. The van der Waals surface area contributed by atoms with Gasteiger partial charge in [0, 0.05) is 18.4 Å². The molecule has 5 nitrogen and oxygen atoms in total. The molecule has 1 fully saturated rings. The second-order valence-electron chi connectivity index (χ2n) is 4.49. The van der Waals surface area contributed by atoms with E-state index in [1.165, 1.54) is 25.1 Å². The molecule has 2 atom stereocenters. The highest BCUT2D eigenvalue weighted by Crippen LogP contribution is 2.23. The van der Waals surface area contributed by atoms with Gasteiger partial charge in [0.2, 0.25) is 0 Å². The third-order valence-electron chi connectivity index (χ3n) is 3.35. The van der Waals surface area contributed by atoms with Crippen LogP contribution in [-0.4, -0.2) is 28.5 Å². The Balaban J connectivity index is 1.98. The Morgan fingerprint density at radius 2 is 2.06 bits per heavy atom. The molecule has 1 aromatic rings. The number of carbonyl (C=O) groups excluding carboxylic acids is 1. The summed E-state index contributed by atoms with van der Waals surface area (Å²) in [5, 5.41) is 3.04. The lowest BCUT2D eigenvalue weighted by molar-refractivity contribution is 0.0907. The molecular formula is C12H18N4O. The van der Waals surface area contributed by atoms with Crippen molar-refractivity contribution in [1.82, 2.24) is 15.3 Å². The van der Waals surface area contributed by atoms with Gasteiger partial charge in [-0.3, -0.25) is 4.79 Å². The quantitative estimate of drug-likeness (QED) is 0.807. The molecule has 0 radical (unpaired) electrons. The summed E-state index contributed by atoms with van der Waals surface area (Å²) in [6.07, 6.45) is 8.97. The average molecular weight is 234 g/mol. The van der Waals surface area contributed by atoms with Gasteiger partial charge in [-0.2, -0.15) is 0 Å². The summed E-state index contributed by atoms with van der Waals surface area (Å²) in [4.78, 5) is 19.6. The Labute approximate surface area is 101 Å². The number of hydrogen-bond acceptors (Lipinski definition) is 4. The molecular weight excluding hydrogens is 216 g/mol. The highest BCUT2D eigenvalue weighted by Gasteiger charge is 2.25. The minimum absolute atomic E-state index is 0.101. The van der Waals surface area contributed by atoms with Gasteiger partial charge in [0.15, 0.2) is 0 Å². The largest absolute Gasteiger partial charge is 0.349 e. The molecule has 3 N–H and O–H groups in total. The Hall–Kier alpha value is -1.49. The zero-order chi connectivity index (χ0) is 12.1. The van der Waals surface area contributed by atoms with Gasteiger partial charge in [0.25, 0.3) is 5.91 Å². The molecule has 0 aliphatic heterocycles. The van der Waals surface area contributed by atoms with Gasteiger partial charge < -0.3 is 11.1 Å². The molecule has 2 rings (SSSR count). The highest BCUT2D eigenvalue weighted by atomic mass is 16.1. The van der Waals surface area contributed by atoms with E-state index in [0.717, 1.165) is 19.3 Å². The van der Waals surface area contributed by atoms with Gasteiger partial charge in [-0.25, -0.2) is 9.97 Å². The van der Waals surface area contributed by atoms with Gasteiger partial charge in [-0.05, 0) is 25.3 Å². The first-order valence-corrected chi connectivity index (χ1v) is 6.07. The molecule has 1 heterocycles. The summed E-state index contributed by atoms with van der Waals surface area (Å²) >= 11 is 0. The van der Waals surface area contributed by atoms with E-state index in [4.69, 9.17) is 5.73 Å². The molecule has 17 heavy (non-hydrogen) atoms. The van der Waals surface area contributed by atoms with E-state index in [1.807, 2.05) is 0 Å². The molecule has 0 bridgehead atoms. The lowest BCUT2D eigenvalue weighted by atomic mass is 9.84. The van der Waals surface area contributed by atoms with Crippen LogP contribution >= 0.6 is 0 Å². The maximum atomic E-state index is 11.9. The second-order valence-corrected chi connectivity index (χ2v) is 4.49. The Morgan fingerprint density at radius 3 is 2.76 bits per heavy atom. The Bertz CT molecular complexity index is 368. The third kappa shape index (κ3) is 3.00. The van der Waals surface area contributed by atoms with Crippen LogP contribution in [0.1, 0.15) is 36.0 Å². The molecule has 1 amide bonds. The van der Waals surface area contributed by atoms with Crippen LogP contribution in [0.5, 0.6) is 0 Å². The van der Waals surface area contributed by atoms with Gasteiger partial charge >= 0.3 is 0 Å². The molecule has 1 aromatic heterocycles. The SMILES string of the molecule is NCC1CCCCC1NC(=O)c1cncnc1. The lowest BCUT2D eigenvalue weighted by Gasteiger charge is -2.31. The summed E-state index contributed by atoms with van der Waals surface area (Å²) in [7, 11) is 0. The van der Waals surface area contributed by atoms with Crippen LogP contribution in [0.25, 0.3) is 0 Å². The Kier molecular flexibility index (Phi) is 4.03. The van der Waals surface area contributed by atoms with E-state index in [1.54, 1.807) is 0 Å². The highest BCUT2D eigenvalue weighted by molar-refractivity contribution is 5.93. The second kappa shape index (κ2) is 5.72. The molecule has 0 saturated heterocycles. The number of nitrogens with one attached hydrogen (secondary N) is 1. The Morgan fingerprint density at radius 1 is 1.35 bits per heavy atom. The lowest BCUT2D eigenvalue weighted by Crippen LogP contribution is -2.44. The number of amides is 1. The van der Waals surface area contributed by atoms with Crippen LogP contribution in [0.2, 0.25) is 0 Å². The van der Waals surface area contributed by atoms with E-state index in [-0.39, 0.29) is 11.9 Å². The first-order valence-electron chi connectivity index (χ1n) is 6.07. The fraction of sp³-hybridized carbons (Fsp3) is 0.583. The average Bonchev–Trinajstić information content (AvgIpc) is 2.40. The summed E-state index contributed by atoms with van der Waals surface area (Å²) in [5.41, 5.74) is 6.24. The van der Waals surface area contributed by atoms with E-state index >= 15 is 0 Å². The van der Waals surface area contributed by atoms with Crippen molar-refractivity contribution in [1.29, 1.82) is 0 Å². The fourth-order valence-corrected chi connectivity index (χ4v) is 2.35. The maximum absolute atomic E-state index is 11.9. The maximum Gasteiger partial charge on any atom is 0.254 e. The van der Waals surface area contributed by atoms with Gasteiger partial charge in [-0.1, -0.05) is 12.8 Å². The number of rotatable bonds is 3. The van der Waals surface area contributed by atoms with Crippen LogP contribution < -0.4 is 11.1 Å². The van der Waals surface area contributed by atoms with Crippen molar-refractivity contribution in [3.63, 3.8) is 0 Å². The summed E-state index contributed by atoms with van der Waals surface area (Å²) in [6.45, 7) is 0.635. The van der Waals surface area contributed by atoms with Crippen molar-refractivity contribution >= 4 is 5.91 Å². The van der Waals surface area contributed by atoms with E-state index in [0.29, 0.717) is 18.0 Å². The zero-order valence-electron chi connectivity index (χ0n) is 9.80. The van der Waals surface area contributed by atoms with Crippen LogP contribution in [0, 0.1) is 5.92 Å². The predicted molar refractivity (Wildman–Crippen MR) is 64.3 cm³/mol. The van der Waals surface area contributed by atoms with Gasteiger partial charge in [0.05, 0.1) is 5.56 Å². The monoisotopic (exact) mass is 234 g/mol. The summed E-state index contributed by atoms with van der Waals surface area (Å²) in [6, 6.07) is 0.196. The van der Waals surface area contributed by atoms with E-state index < -0.39 is 0 Å². The van der Waals surface area contributed by atoms with Gasteiger partial charge in [0.1, 0.15) is 6.33 Å². The minimum atomic E-state index is -0.101. The number of nitrogens with zero attached hydrogens (tertiary/aromatic N) is 2. The van der Waals surface area contributed by atoms with Crippen molar-refractivity contribution in [2.75, 3.05) is 6.54 Å². The van der Waals surface area contributed by atoms with Crippen molar-refractivity contribution in [3.8, 4) is 0 Å². The molecule has 0 spiro atoms. The van der Waals surface area contributed by atoms with Crippen molar-refractivity contribution in [2.45, 2.75) is 31.7 Å². The molecule has 5 heteroatoms. The molecule has 1 aliphatic rings. The molecule has 0 aromatic carbocycles. The van der Waals surface area contributed by atoms with Gasteiger partial charge in [-0.15, -0.1) is 0 Å². The van der Waals surface area contributed by atoms with Crippen LogP contribution in [-0.2, 0) is 0 Å². The van der Waals surface area contributed by atoms with E-state index in [2.05, 4.69) is 15.3 Å². The topological polar surface area (TPSA) is 80.9 Å². The molecule has 92 valence electrons. The number of aromatic nitrogens is 2. The molecule has 2 unspecified atom stereocenters. The third-order valence-corrected chi connectivity index (χ3v) is 3.35. The number of nitrogens with two attached hydrogens (primary N) is 1.